The molecule has 2 aromatic carbocycles. The molecule has 1 unspecified atom stereocenters. The SMILES string of the molecule is CNC(=O)/C(C#N)=C1\SC(Cc2ccc(Cl)c(Cl)c2)C(=O)N1c1ccc(OC)cc1. The third-order valence-electron chi connectivity index (χ3n) is 4.47. The van der Waals surface area contributed by atoms with Crippen LogP contribution in [0.2, 0.25) is 10.0 Å². The Bertz CT molecular complexity index is 1060. The molecular weight excluding hydrogens is 445 g/mol. The van der Waals surface area contributed by atoms with E-state index in [1.807, 2.05) is 6.07 Å². The van der Waals surface area contributed by atoms with Crippen LogP contribution in [0.3, 0.4) is 0 Å². The van der Waals surface area contributed by atoms with E-state index < -0.39 is 11.2 Å². The van der Waals surface area contributed by atoms with Gasteiger partial charge in [0, 0.05) is 12.7 Å². The second-order valence-electron chi connectivity index (χ2n) is 6.30. The summed E-state index contributed by atoms with van der Waals surface area (Å²) in [6, 6.07) is 13.9. The third kappa shape index (κ3) is 4.41. The largest absolute Gasteiger partial charge is 0.497 e. The lowest BCUT2D eigenvalue weighted by Gasteiger charge is -2.18. The van der Waals surface area contributed by atoms with Crippen molar-refractivity contribution in [3.8, 4) is 11.8 Å². The fourth-order valence-electron chi connectivity index (χ4n) is 2.96. The number of ether oxygens (including phenoxy) is 1. The van der Waals surface area contributed by atoms with Gasteiger partial charge in [-0.05, 0) is 48.4 Å². The van der Waals surface area contributed by atoms with Crippen LogP contribution >= 0.6 is 35.0 Å². The summed E-state index contributed by atoms with van der Waals surface area (Å²) in [6.45, 7) is 0. The number of likely N-dealkylation sites (N-methyl/N-ethyl adjacent to an activating group) is 1. The van der Waals surface area contributed by atoms with Crippen LogP contribution in [0.5, 0.6) is 5.75 Å². The molecule has 0 aliphatic carbocycles. The van der Waals surface area contributed by atoms with Crippen molar-refractivity contribution < 1.29 is 14.3 Å². The summed E-state index contributed by atoms with van der Waals surface area (Å²) < 4.78 is 5.17. The monoisotopic (exact) mass is 461 g/mol. The van der Waals surface area contributed by atoms with E-state index >= 15 is 0 Å². The summed E-state index contributed by atoms with van der Waals surface area (Å²) in [4.78, 5) is 27.0. The predicted octanol–water partition coefficient (Wildman–Crippen LogP) is 4.17. The number of anilines is 1. The van der Waals surface area contributed by atoms with Gasteiger partial charge in [0.25, 0.3) is 5.91 Å². The fraction of sp³-hybridized carbons (Fsp3) is 0.190. The van der Waals surface area contributed by atoms with Gasteiger partial charge in [0.05, 0.1) is 22.4 Å². The van der Waals surface area contributed by atoms with E-state index in [0.717, 1.165) is 5.56 Å². The molecule has 0 spiro atoms. The van der Waals surface area contributed by atoms with Crippen molar-refractivity contribution in [3.63, 3.8) is 0 Å². The van der Waals surface area contributed by atoms with E-state index in [1.165, 1.54) is 23.7 Å². The molecule has 1 fully saturated rings. The smallest absolute Gasteiger partial charge is 0.264 e. The summed E-state index contributed by atoms with van der Waals surface area (Å²) in [7, 11) is 2.98. The molecule has 2 aromatic rings. The van der Waals surface area contributed by atoms with Crippen molar-refractivity contribution in [3.05, 3.63) is 68.7 Å². The van der Waals surface area contributed by atoms with Crippen molar-refractivity contribution in [2.45, 2.75) is 11.7 Å². The van der Waals surface area contributed by atoms with Gasteiger partial charge in [0.2, 0.25) is 5.91 Å². The topological polar surface area (TPSA) is 82.4 Å². The number of hydrogen-bond donors (Lipinski definition) is 1. The van der Waals surface area contributed by atoms with Crippen molar-refractivity contribution in [2.75, 3.05) is 19.1 Å². The highest BCUT2D eigenvalue weighted by Gasteiger charge is 2.40. The average Bonchev–Trinajstić information content (AvgIpc) is 3.06. The predicted molar refractivity (Wildman–Crippen MR) is 119 cm³/mol. The first-order chi connectivity index (χ1) is 14.4. The van der Waals surface area contributed by atoms with Gasteiger partial charge in [0.1, 0.15) is 22.4 Å². The zero-order valence-corrected chi connectivity index (χ0v) is 18.4. The summed E-state index contributed by atoms with van der Waals surface area (Å²) in [6.07, 6.45) is 0.364. The minimum absolute atomic E-state index is 0.122. The molecule has 1 aliphatic rings. The zero-order valence-electron chi connectivity index (χ0n) is 16.1. The number of amides is 2. The molecule has 2 amide bonds. The molecule has 3 rings (SSSR count). The number of carbonyl (C=O) groups excluding carboxylic acids is 2. The van der Waals surface area contributed by atoms with Crippen molar-refractivity contribution in [2.24, 2.45) is 0 Å². The molecule has 30 heavy (non-hydrogen) atoms. The number of methoxy groups -OCH3 is 1. The first kappa shape index (κ1) is 22.0. The Morgan fingerprint density at radius 1 is 1.23 bits per heavy atom. The fourth-order valence-corrected chi connectivity index (χ4v) is 4.59. The van der Waals surface area contributed by atoms with Crippen LogP contribution in [0.15, 0.2) is 53.1 Å². The number of nitriles is 1. The Morgan fingerprint density at radius 2 is 1.93 bits per heavy atom. The minimum atomic E-state index is -0.554. The normalized spacial score (nSPS) is 17.5. The molecule has 0 radical (unpaired) electrons. The molecule has 9 heteroatoms. The third-order valence-corrected chi connectivity index (χ3v) is 6.47. The van der Waals surface area contributed by atoms with Gasteiger partial charge >= 0.3 is 0 Å². The number of rotatable bonds is 5. The Kier molecular flexibility index (Phi) is 6.93. The van der Waals surface area contributed by atoms with Gasteiger partial charge in [0.15, 0.2) is 0 Å². The second-order valence-corrected chi connectivity index (χ2v) is 8.31. The molecule has 154 valence electrons. The standard InChI is InChI=1S/C21H17Cl2N3O3S/c1-25-19(27)15(11-24)21-26(13-4-6-14(29-2)7-5-13)20(28)18(30-21)10-12-3-8-16(22)17(23)9-12/h3-9,18H,10H2,1-2H3,(H,25,27)/b21-15-. The lowest BCUT2D eigenvalue weighted by Crippen LogP contribution is -2.31. The van der Waals surface area contributed by atoms with E-state index in [9.17, 15) is 14.9 Å². The van der Waals surface area contributed by atoms with Crippen LogP contribution in [-0.4, -0.2) is 31.2 Å². The highest BCUT2D eigenvalue weighted by molar-refractivity contribution is 8.05. The maximum absolute atomic E-state index is 13.3. The van der Waals surface area contributed by atoms with E-state index in [0.29, 0.717) is 27.9 Å². The average molecular weight is 462 g/mol. The molecule has 0 bridgehead atoms. The number of halogens is 2. The minimum Gasteiger partial charge on any atom is -0.497 e. The van der Waals surface area contributed by atoms with E-state index in [-0.39, 0.29) is 16.5 Å². The molecule has 1 atom stereocenters. The van der Waals surface area contributed by atoms with Crippen molar-refractivity contribution >= 4 is 52.5 Å². The molecule has 0 aromatic heterocycles. The van der Waals surface area contributed by atoms with E-state index in [2.05, 4.69) is 5.32 Å². The first-order valence-corrected chi connectivity index (χ1v) is 10.5. The van der Waals surface area contributed by atoms with Gasteiger partial charge < -0.3 is 10.1 Å². The summed E-state index contributed by atoms with van der Waals surface area (Å²) >= 11 is 13.3. The highest BCUT2D eigenvalue weighted by Crippen LogP contribution is 2.42. The van der Waals surface area contributed by atoms with Gasteiger partial charge in [-0.2, -0.15) is 5.26 Å². The summed E-state index contributed by atoms with van der Waals surface area (Å²) in [5, 5.41) is 12.6. The quantitative estimate of drug-likeness (QED) is 0.533. The number of carbonyl (C=O) groups is 2. The lowest BCUT2D eigenvalue weighted by atomic mass is 10.1. The van der Waals surface area contributed by atoms with E-state index in [1.54, 1.807) is 49.6 Å². The molecule has 6 nitrogen and oxygen atoms in total. The Hall–Kier alpha value is -2.66. The van der Waals surface area contributed by atoms with E-state index in [4.69, 9.17) is 27.9 Å². The Labute approximate surface area is 188 Å². The molecular formula is C21H17Cl2N3O3S. The van der Waals surface area contributed by atoms with Crippen LogP contribution in [-0.2, 0) is 16.0 Å². The van der Waals surface area contributed by atoms with Gasteiger partial charge in [-0.15, -0.1) is 0 Å². The molecule has 1 aliphatic heterocycles. The maximum Gasteiger partial charge on any atom is 0.264 e. The molecule has 1 heterocycles. The molecule has 1 N–H and O–H groups in total. The molecule has 0 saturated carbocycles. The number of nitrogens with zero attached hydrogens (tertiary/aromatic N) is 2. The van der Waals surface area contributed by atoms with Gasteiger partial charge in [-0.25, -0.2) is 0 Å². The number of benzene rings is 2. The maximum atomic E-state index is 13.3. The Morgan fingerprint density at radius 3 is 2.50 bits per heavy atom. The number of hydrogen-bond acceptors (Lipinski definition) is 5. The summed E-state index contributed by atoms with van der Waals surface area (Å²) in [5.41, 5.74) is 1.24. The number of nitrogens with one attached hydrogen (secondary N) is 1. The molecule has 1 saturated heterocycles. The van der Waals surface area contributed by atoms with Crippen LogP contribution in [0.1, 0.15) is 5.56 Å². The van der Waals surface area contributed by atoms with Gasteiger partial charge in [-0.1, -0.05) is 41.0 Å². The highest BCUT2D eigenvalue weighted by atomic mass is 35.5. The van der Waals surface area contributed by atoms with Crippen LogP contribution in [0.25, 0.3) is 0 Å². The van der Waals surface area contributed by atoms with Crippen molar-refractivity contribution in [1.82, 2.24) is 5.32 Å². The zero-order chi connectivity index (χ0) is 21.8. The van der Waals surface area contributed by atoms with Crippen LogP contribution in [0, 0.1) is 11.3 Å². The van der Waals surface area contributed by atoms with Crippen LogP contribution in [0.4, 0.5) is 5.69 Å². The first-order valence-electron chi connectivity index (χ1n) is 8.84. The second kappa shape index (κ2) is 9.43. The Balaban J connectivity index is 2.03. The van der Waals surface area contributed by atoms with Crippen LogP contribution < -0.4 is 15.0 Å². The summed E-state index contributed by atoms with van der Waals surface area (Å²) in [5.74, 6) is -0.160. The van der Waals surface area contributed by atoms with Gasteiger partial charge in [-0.3, -0.25) is 14.5 Å². The number of thioether (sulfide) groups is 1. The van der Waals surface area contributed by atoms with Crippen molar-refractivity contribution in [1.29, 1.82) is 5.26 Å². The lowest BCUT2D eigenvalue weighted by molar-refractivity contribution is -0.117.